The van der Waals surface area contributed by atoms with E-state index in [1.54, 1.807) is 33.9 Å². The Bertz CT molecular complexity index is 930. The number of nitrogens with zero attached hydrogens (tertiary/aromatic N) is 3. The van der Waals surface area contributed by atoms with Crippen molar-refractivity contribution >= 4 is 5.91 Å². The van der Waals surface area contributed by atoms with Crippen LogP contribution in [0.2, 0.25) is 0 Å². The van der Waals surface area contributed by atoms with Gasteiger partial charge in [-0.2, -0.15) is 13.2 Å². The quantitative estimate of drug-likeness (QED) is 0.617. The van der Waals surface area contributed by atoms with Crippen molar-refractivity contribution in [3.8, 4) is 0 Å². The van der Waals surface area contributed by atoms with Crippen LogP contribution in [0.25, 0.3) is 0 Å². The van der Waals surface area contributed by atoms with Gasteiger partial charge < -0.3 is 13.9 Å². The van der Waals surface area contributed by atoms with Crippen LogP contribution in [-0.2, 0) is 19.3 Å². The largest absolute Gasteiger partial charge is 0.459 e. The predicted octanol–water partition coefficient (Wildman–Crippen LogP) is 4.59. The highest BCUT2D eigenvalue weighted by atomic mass is 19.4. The second-order valence-electron chi connectivity index (χ2n) is 6.63. The molecule has 0 bridgehead atoms. The van der Waals surface area contributed by atoms with E-state index < -0.39 is 11.7 Å². The number of carbonyl (C=O) groups is 1. The van der Waals surface area contributed by atoms with Gasteiger partial charge in [0.2, 0.25) is 0 Å². The molecule has 0 radical (unpaired) electrons. The van der Waals surface area contributed by atoms with E-state index in [1.807, 2.05) is 13.8 Å². The van der Waals surface area contributed by atoms with Gasteiger partial charge in [0, 0.05) is 25.0 Å². The monoisotopic (exact) mass is 391 g/mol. The number of alkyl halides is 3. The maximum absolute atomic E-state index is 13.3. The first-order valence-corrected chi connectivity index (χ1v) is 8.77. The second kappa shape index (κ2) is 7.92. The average Bonchev–Trinajstić information content (AvgIpc) is 3.30. The smallest absolute Gasteiger partial charge is 0.416 e. The molecule has 0 unspecified atom stereocenters. The number of rotatable bonds is 6. The van der Waals surface area contributed by atoms with Gasteiger partial charge in [-0.25, -0.2) is 4.98 Å². The first-order chi connectivity index (χ1) is 13.3. The Kier molecular flexibility index (Phi) is 5.58. The molecule has 28 heavy (non-hydrogen) atoms. The molecule has 0 saturated heterocycles. The third kappa shape index (κ3) is 4.27. The van der Waals surface area contributed by atoms with Crippen LogP contribution < -0.4 is 0 Å². The van der Waals surface area contributed by atoms with Gasteiger partial charge in [-0.15, -0.1) is 0 Å². The number of benzene rings is 1. The van der Waals surface area contributed by atoms with Crippen LogP contribution in [0.15, 0.2) is 59.5 Å². The zero-order valence-corrected chi connectivity index (χ0v) is 15.5. The summed E-state index contributed by atoms with van der Waals surface area (Å²) in [5.74, 6) is 0.394. The van der Waals surface area contributed by atoms with Crippen molar-refractivity contribution in [1.29, 1.82) is 0 Å². The molecule has 0 saturated carbocycles. The molecule has 148 valence electrons. The summed E-state index contributed by atoms with van der Waals surface area (Å²) in [7, 11) is 0. The van der Waals surface area contributed by atoms with E-state index in [0.717, 1.165) is 6.07 Å². The molecule has 0 aliphatic carbocycles. The van der Waals surface area contributed by atoms with Crippen molar-refractivity contribution in [2.24, 2.45) is 0 Å². The average molecular weight is 391 g/mol. The van der Waals surface area contributed by atoms with Crippen molar-refractivity contribution in [3.63, 3.8) is 0 Å². The molecular weight excluding hydrogens is 371 g/mol. The van der Waals surface area contributed by atoms with Gasteiger partial charge in [0.05, 0.1) is 18.4 Å². The molecular formula is C20H20F3N3O2. The summed E-state index contributed by atoms with van der Waals surface area (Å²) in [4.78, 5) is 18.5. The summed E-state index contributed by atoms with van der Waals surface area (Å²) >= 11 is 0. The summed E-state index contributed by atoms with van der Waals surface area (Å²) in [6.45, 7) is 3.87. The van der Waals surface area contributed by atoms with E-state index in [-0.39, 0.29) is 36.4 Å². The summed E-state index contributed by atoms with van der Waals surface area (Å²) < 4.78 is 46.6. The molecule has 0 aliphatic rings. The standard InChI is InChI=1S/C20H20F3N3O2/c1-14(2)26(19(27)17-8-5-11-28-17)13-18-24-9-10-25(18)12-15-6-3-4-7-16(15)20(21,22)23/h3-11,14H,12-13H2,1-2H3. The highest BCUT2D eigenvalue weighted by Crippen LogP contribution is 2.32. The van der Waals surface area contributed by atoms with Crippen LogP contribution in [-0.4, -0.2) is 26.4 Å². The topological polar surface area (TPSA) is 51.3 Å². The number of carbonyl (C=O) groups excluding carboxylic acids is 1. The molecule has 5 nitrogen and oxygen atoms in total. The van der Waals surface area contributed by atoms with Gasteiger partial charge >= 0.3 is 6.18 Å². The van der Waals surface area contributed by atoms with Crippen LogP contribution in [0.1, 0.15) is 41.4 Å². The molecule has 8 heteroatoms. The SMILES string of the molecule is CC(C)N(Cc1nccn1Cc1ccccc1C(F)(F)F)C(=O)c1ccco1. The first kappa shape index (κ1) is 19.7. The van der Waals surface area contributed by atoms with Gasteiger partial charge in [-0.1, -0.05) is 18.2 Å². The fourth-order valence-electron chi connectivity index (χ4n) is 2.94. The van der Waals surface area contributed by atoms with Crippen LogP contribution >= 0.6 is 0 Å². The highest BCUT2D eigenvalue weighted by Gasteiger charge is 2.33. The summed E-state index contributed by atoms with van der Waals surface area (Å²) in [6.07, 6.45) is 0.108. The molecule has 1 amide bonds. The number of furan rings is 1. The maximum Gasteiger partial charge on any atom is 0.416 e. The van der Waals surface area contributed by atoms with Crippen molar-refractivity contribution in [2.45, 2.75) is 39.2 Å². The molecule has 2 heterocycles. The van der Waals surface area contributed by atoms with E-state index in [1.165, 1.54) is 24.6 Å². The van der Waals surface area contributed by atoms with Gasteiger partial charge in [0.15, 0.2) is 5.76 Å². The number of hydrogen-bond acceptors (Lipinski definition) is 3. The van der Waals surface area contributed by atoms with Gasteiger partial charge in [0.1, 0.15) is 5.82 Å². The van der Waals surface area contributed by atoms with E-state index in [4.69, 9.17) is 4.42 Å². The lowest BCUT2D eigenvalue weighted by Crippen LogP contribution is -2.37. The molecule has 0 fully saturated rings. The van der Waals surface area contributed by atoms with Crippen molar-refractivity contribution in [2.75, 3.05) is 0 Å². The lowest BCUT2D eigenvalue weighted by atomic mass is 10.1. The number of amides is 1. The molecule has 3 aromatic rings. The van der Waals surface area contributed by atoms with E-state index in [0.29, 0.717) is 5.82 Å². The lowest BCUT2D eigenvalue weighted by molar-refractivity contribution is -0.138. The number of imidazole rings is 1. The van der Waals surface area contributed by atoms with Gasteiger partial charge in [-0.05, 0) is 37.6 Å². The van der Waals surface area contributed by atoms with Crippen LogP contribution in [0.4, 0.5) is 13.2 Å². The molecule has 3 rings (SSSR count). The third-order valence-electron chi connectivity index (χ3n) is 4.39. The molecule has 0 N–H and O–H groups in total. The van der Waals surface area contributed by atoms with Crippen molar-refractivity contribution in [3.05, 3.63) is 77.8 Å². The minimum absolute atomic E-state index is 0.00585. The number of aromatic nitrogens is 2. The summed E-state index contributed by atoms with van der Waals surface area (Å²) in [5, 5.41) is 0. The zero-order valence-electron chi connectivity index (χ0n) is 15.5. The first-order valence-electron chi connectivity index (χ1n) is 8.77. The molecule has 0 atom stereocenters. The second-order valence-corrected chi connectivity index (χ2v) is 6.63. The predicted molar refractivity (Wildman–Crippen MR) is 96.5 cm³/mol. The third-order valence-corrected chi connectivity index (χ3v) is 4.39. The van der Waals surface area contributed by atoms with Crippen LogP contribution in [0.5, 0.6) is 0 Å². The Hall–Kier alpha value is -3.03. The molecule has 2 aromatic heterocycles. The van der Waals surface area contributed by atoms with Crippen LogP contribution in [0.3, 0.4) is 0 Å². The number of halogens is 3. The fourth-order valence-corrected chi connectivity index (χ4v) is 2.94. The minimum Gasteiger partial charge on any atom is -0.459 e. The van der Waals surface area contributed by atoms with Gasteiger partial charge in [0.25, 0.3) is 5.91 Å². The van der Waals surface area contributed by atoms with Crippen molar-refractivity contribution in [1.82, 2.24) is 14.5 Å². The Morgan fingerprint density at radius 2 is 1.96 bits per heavy atom. The zero-order chi connectivity index (χ0) is 20.3. The number of hydrogen-bond donors (Lipinski definition) is 0. The van der Waals surface area contributed by atoms with Crippen LogP contribution in [0, 0.1) is 0 Å². The minimum atomic E-state index is -4.43. The van der Waals surface area contributed by atoms with Gasteiger partial charge in [-0.3, -0.25) is 4.79 Å². The van der Waals surface area contributed by atoms with Crippen molar-refractivity contribution < 1.29 is 22.4 Å². The molecule has 0 aliphatic heterocycles. The Morgan fingerprint density at radius 3 is 2.61 bits per heavy atom. The van der Waals surface area contributed by atoms with E-state index in [9.17, 15) is 18.0 Å². The fraction of sp³-hybridized carbons (Fsp3) is 0.300. The lowest BCUT2D eigenvalue weighted by Gasteiger charge is -2.26. The Morgan fingerprint density at radius 1 is 1.21 bits per heavy atom. The maximum atomic E-state index is 13.3. The highest BCUT2D eigenvalue weighted by molar-refractivity contribution is 5.91. The summed E-state index contributed by atoms with van der Waals surface area (Å²) in [6, 6.07) is 8.49. The Labute approximate surface area is 160 Å². The molecule has 1 aromatic carbocycles. The summed E-state index contributed by atoms with van der Waals surface area (Å²) in [5.41, 5.74) is -0.537. The Balaban J connectivity index is 1.85. The van der Waals surface area contributed by atoms with E-state index >= 15 is 0 Å². The van der Waals surface area contributed by atoms with E-state index in [2.05, 4.69) is 4.98 Å². The molecule has 0 spiro atoms. The normalized spacial score (nSPS) is 11.8.